The minimum absolute atomic E-state index is 0.121. The van der Waals surface area contributed by atoms with Gasteiger partial charge in [-0.3, -0.25) is 4.79 Å². The largest absolute Gasteiger partial charge is 0.365 e. The van der Waals surface area contributed by atoms with Crippen molar-refractivity contribution in [3.05, 3.63) is 75.0 Å². The van der Waals surface area contributed by atoms with Gasteiger partial charge in [0.1, 0.15) is 11.9 Å². The van der Waals surface area contributed by atoms with Crippen molar-refractivity contribution in [2.45, 2.75) is 13.0 Å². The first-order valence-electron chi connectivity index (χ1n) is 7.83. The maximum absolute atomic E-state index is 13.2. The number of rotatable bonds is 4. The maximum Gasteiger partial charge on any atom is 0.365 e. The molecule has 1 amide bonds. The predicted octanol–water partition coefficient (Wildman–Crippen LogP) is 3.95. The average molecular weight is 407 g/mol. The highest BCUT2D eigenvalue weighted by Crippen LogP contribution is 2.21. The zero-order chi connectivity index (χ0) is 19.6. The second-order valence-electron chi connectivity index (χ2n) is 5.67. The summed E-state index contributed by atoms with van der Waals surface area (Å²) in [6, 6.07) is 9.61. The summed E-state index contributed by atoms with van der Waals surface area (Å²) in [6.07, 6.45) is 1.39. The third-order valence-electron chi connectivity index (χ3n) is 3.79. The molecule has 1 atom stereocenters. The summed E-state index contributed by atoms with van der Waals surface area (Å²) in [5, 5.41) is 7.03. The van der Waals surface area contributed by atoms with Crippen molar-refractivity contribution in [2.24, 2.45) is 0 Å². The monoisotopic (exact) mass is 406 g/mol. The van der Waals surface area contributed by atoms with Crippen molar-refractivity contribution >= 4 is 34.8 Å². The van der Waals surface area contributed by atoms with E-state index in [9.17, 15) is 14.0 Å². The lowest BCUT2D eigenvalue weighted by Gasteiger charge is -2.14. The molecule has 0 fully saturated rings. The Bertz CT molecular complexity index is 1050. The van der Waals surface area contributed by atoms with E-state index in [1.165, 1.54) is 25.3 Å². The number of nitrogens with one attached hydrogen (secondary N) is 1. The van der Waals surface area contributed by atoms with Crippen molar-refractivity contribution < 1.29 is 9.18 Å². The molecule has 0 bridgehead atoms. The zero-order valence-electron chi connectivity index (χ0n) is 14.0. The third kappa shape index (κ3) is 4.32. The van der Waals surface area contributed by atoms with Crippen LogP contribution in [0.4, 0.5) is 10.1 Å². The van der Waals surface area contributed by atoms with Gasteiger partial charge in [0.25, 0.3) is 0 Å². The molecule has 3 aromatic rings. The van der Waals surface area contributed by atoms with Gasteiger partial charge in [-0.05, 0) is 37.3 Å². The Kier molecular flexibility index (Phi) is 5.53. The smallest absolute Gasteiger partial charge is 0.324 e. The van der Waals surface area contributed by atoms with E-state index in [-0.39, 0.29) is 5.02 Å². The van der Waals surface area contributed by atoms with E-state index in [0.717, 1.165) is 10.7 Å². The lowest BCUT2D eigenvalue weighted by atomic mass is 10.2. The van der Waals surface area contributed by atoms with Crippen LogP contribution in [0.1, 0.15) is 13.0 Å². The summed E-state index contributed by atoms with van der Waals surface area (Å²) in [4.78, 5) is 28.6. The Labute approximate surface area is 163 Å². The van der Waals surface area contributed by atoms with Crippen LogP contribution in [-0.4, -0.2) is 20.7 Å². The SMILES string of the molecule is C[C@H](C(=O)Nc1ccc(F)c(Cl)c1)n1ncc(-c2ccc(Cl)cc2)nc1=O. The number of carbonyl (C=O) groups excluding carboxylic acids is 1. The fourth-order valence-corrected chi connectivity index (χ4v) is 2.61. The Morgan fingerprint density at radius 3 is 2.52 bits per heavy atom. The summed E-state index contributed by atoms with van der Waals surface area (Å²) >= 11 is 11.5. The van der Waals surface area contributed by atoms with Crippen LogP contribution in [0.2, 0.25) is 10.0 Å². The van der Waals surface area contributed by atoms with Gasteiger partial charge in [-0.2, -0.15) is 10.1 Å². The number of carbonyl (C=O) groups is 1. The molecule has 0 unspecified atom stereocenters. The first-order valence-corrected chi connectivity index (χ1v) is 8.58. The summed E-state index contributed by atoms with van der Waals surface area (Å²) in [7, 11) is 0. The van der Waals surface area contributed by atoms with Crippen molar-refractivity contribution in [2.75, 3.05) is 5.32 Å². The second kappa shape index (κ2) is 7.85. The topological polar surface area (TPSA) is 76.9 Å². The fraction of sp³-hybridized carbons (Fsp3) is 0.111. The van der Waals surface area contributed by atoms with E-state index in [1.54, 1.807) is 24.3 Å². The minimum atomic E-state index is -0.937. The van der Waals surface area contributed by atoms with Crippen molar-refractivity contribution in [1.82, 2.24) is 14.8 Å². The molecule has 138 valence electrons. The highest BCUT2D eigenvalue weighted by Gasteiger charge is 2.19. The summed E-state index contributed by atoms with van der Waals surface area (Å²) < 4.78 is 14.2. The molecular formula is C18H13Cl2FN4O2. The van der Waals surface area contributed by atoms with Crippen LogP contribution in [0.25, 0.3) is 11.3 Å². The molecule has 27 heavy (non-hydrogen) atoms. The van der Waals surface area contributed by atoms with Gasteiger partial charge < -0.3 is 5.32 Å². The van der Waals surface area contributed by atoms with Crippen LogP contribution in [0, 0.1) is 5.82 Å². The number of nitrogens with zero attached hydrogens (tertiary/aromatic N) is 3. The molecule has 1 N–H and O–H groups in total. The zero-order valence-corrected chi connectivity index (χ0v) is 15.5. The molecule has 1 heterocycles. The fourth-order valence-electron chi connectivity index (χ4n) is 2.31. The van der Waals surface area contributed by atoms with E-state index < -0.39 is 23.5 Å². The van der Waals surface area contributed by atoms with E-state index >= 15 is 0 Å². The molecule has 0 spiro atoms. The maximum atomic E-state index is 13.2. The lowest BCUT2D eigenvalue weighted by Crippen LogP contribution is -2.34. The number of hydrogen-bond acceptors (Lipinski definition) is 4. The quantitative estimate of drug-likeness (QED) is 0.711. The van der Waals surface area contributed by atoms with Gasteiger partial charge in [0.2, 0.25) is 5.91 Å². The van der Waals surface area contributed by atoms with Crippen LogP contribution in [0.5, 0.6) is 0 Å². The molecule has 0 saturated heterocycles. The highest BCUT2D eigenvalue weighted by molar-refractivity contribution is 6.31. The first kappa shape index (κ1) is 19.0. The Hall–Kier alpha value is -2.77. The molecule has 0 aliphatic rings. The lowest BCUT2D eigenvalue weighted by molar-refractivity contribution is -0.119. The van der Waals surface area contributed by atoms with Crippen molar-refractivity contribution in [1.29, 1.82) is 0 Å². The number of anilines is 1. The Morgan fingerprint density at radius 1 is 1.19 bits per heavy atom. The molecular weight excluding hydrogens is 394 g/mol. The van der Waals surface area contributed by atoms with Gasteiger partial charge in [0.05, 0.1) is 16.9 Å². The molecule has 0 saturated carbocycles. The molecule has 6 nitrogen and oxygen atoms in total. The molecule has 1 aromatic heterocycles. The normalized spacial score (nSPS) is 11.9. The van der Waals surface area contributed by atoms with Crippen LogP contribution >= 0.6 is 23.2 Å². The first-order chi connectivity index (χ1) is 12.8. The van der Waals surface area contributed by atoms with E-state index in [4.69, 9.17) is 23.2 Å². The molecule has 0 aliphatic carbocycles. The molecule has 9 heteroatoms. The van der Waals surface area contributed by atoms with Gasteiger partial charge in [0, 0.05) is 16.3 Å². The second-order valence-corrected chi connectivity index (χ2v) is 6.51. The van der Waals surface area contributed by atoms with Crippen molar-refractivity contribution in [3.63, 3.8) is 0 Å². The van der Waals surface area contributed by atoms with Crippen LogP contribution in [-0.2, 0) is 4.79 Å². The standard InChI is InChI=1S/C18H13Cl2FN4O2/c1-10(17(26)23-13-6-7-15(21)14(20)8-13)25-18(27)24-16(9-22-25)11-2-4-12(19)5-3-11/h2-10H,1H3,(H,23,26)/t10-/m1/s1. The van der Waals surface area contributed by atoms with Gasteiger partial charge in [-0.25, -0.2) is 13.9 Å². The van der Waals surface area contributed by atoms with Gasteiger partial charge >= 0.3 is 5.69 Å². The number of benzene rings is 2. The highest BCUT2D eigenvalue weighted by atomic mass is 35.5. The van der Waals surface area contributed by atoms with Crippen LogP contribution in [0.3, 0.4) is 0 Å². The predicted molar refractivity (Wildman–Crippen MR) is 101 cm³/mol. The third-order valence-corrected chi connectivity index (χ3v) is 4.33. The van der Waals surface area contributed by atoms with Gasteiger partial charge in [-0.15, -0.1) is 0 Å². The number of hydrogen-bond donors (Lipinski definition) is 1. The summed E-state index contributed by atoms with van der Waals surface area (Å²) in [5.41, 5.74) is 0.666. The van der Waals surface area contributed by atoms with E-state index in [2.05, 4.69) is 15.4 Å². The molecule has 2 aromatic carbocycles. The van der Waals surface area contributed by atoms with Gasteiger partial charge in [-0.1, -0.05) is 35.3 Å². The molecule has 0 radical (unpaired) electrons. The van der Waals surface area contributed by atoms with E-state index in [1.807, 2.05) is 0 Å². The van der Waals surface area contributed by atoms with Crippen molar-refractivity contribution in [3.8, 4) is 11.3 Å². The number of amides is 1. The molecule has 0 aliphatic heterocycles. The number of aromatic nitrogens is 3. The van der Waals surface area contributed by atoms with Gasteiger partial charge in [0.15, 0.2) is 0 Å². The van der Waals surface area contributed by atoms with Crippen LogP contribution in [0.15, 0.2) is 53.5 Å². The molecule has 3 rings (SSSR count). The number of halogens is 3. The summed E-state index contributed by atoms with van der Waals surface area (Å²) in [6.45, 7) is 1.50. The summed E-state index contributed by atoms with van der Waals surface area (Å²) in [5.74, 6) is -1.11. The average Bonchev–Trinajstić information content (AvgIpc) is 2.64. The van der Waals surface area contributed by atoms with E-state index in [0.29, 0.717) is 22.0 Å². The minimum Gasteiger partial charge on any atom is -0.324 e. The Morgan fingerprint density at radius 2 is 1.89 bits per heavy atom. The Balaban J connectivity index is 1.80. The van der Waals surface area contributed by atoms with Crippen LogP contribution < -0.4 is 11.0 Å².